The Morgan fingerprint density at radius 3 is 2.53 bits per heavy atom. The summed E-state index contributed by atoms with van der Waals surface area (Å²) in [5, 5.41) is 9.02. The van der Waals surface area contributed by atoms with Gasteiger partial charge in [0, 0.05) is 13.6 Å². The Labute approximate surface area is 90.3 Å². The smallest absolute Gasteiger partial charge is 0.337 e. The first-order chi connectivity index (χ1) is 7.02. The highest BCUT2D eigenvalue weighted by Crippen LogP contribution is 2.19. The van der Waals surface area contributed by atoms with Gasteiger partial charge in [0.05, 0.1) is 11.3 Å². The average molecular weight is 207 g/mol. The monoisotopic (exact) mass is 207 g/mol. The van der Waals surface area contributed by atoms with E-state index in [1.807, 2.05) is 24.1 Å². The third kappa shape index (κ3) is 2.98. The molecule has 0 heterocycles. The SMILES string of the molecule is CC(C)CN(C)c1ccccc1C(=O)O. The summed E-state index contributed by atoms with van der Waals surface area (Å²) in [4.78, 5) is 13.0. The second-order valence-electron chi connectivity index (χ2n) is 4.10. The molecule has 3 nitrogen and oxygen atoms in total. The zero-order valence-corrected chi connectivity index (χ0v) is 9.40. The first-order valence-corrected chi connectivity index (χ1v) is 5.06. The molecule has 0 unspecified atom stereocenters. The van der Waals surface area contributed by atoms with Crippen molar-refractivity contribution in [1.29, 1.82) is 0 Å². The highest BCUT2D eigenvalue weighted by Gasteiger charge is 2.12. The molecule has 0 atom stereocenters. The Kier molecular flexibility index (Phi) is 3.72. The van der Waals surface area contributed by atoms with Crippen molar-refractivity contribution in [3.63, 3.8) is 0 Å². The van der Waals surface area contributed by atoms with Crippen LogP contribution in [-0.4, -0.2) is 24.7 Å². The van der Waals surface area contributed by atoms with Gasteiger partial charge in [0.25, 0.3) is 0 Å². The van der Waals surface area contributed by atoms with Gasteiger partial charge in [-0.25, -0.2) is 4.79 Å². The second kappa shape index (κ2) is 4.82. The fourth-order valence-corrected chi connectivity index (χ4v) is 1.63. The maximum Gasteiger partial charge on any atom is 0.337 e. The summed E-state index contributed by atoms with van der Waals surface area (Å²) < 4.78 is 0. The normalized spacial score (nSPS) is 10.4. The van der Waals surface area contributed by atoms with Crippen molar-refractivity contribution in [1.82, 2.24) is 0 Å². The van der Waals surface area contributed by atoms with Crippen molar-refractivity contribution in [2.45, 2.75) is 13.8 Å². The molecule has 82 valence electrons. The molecule has 0 spiro atoms. The second-order valence-corrected chi connectivity index (χ2v) is 4.10. The molecule has 1 aromatic carbocycles. The van der Waals surface area contributed by atoms with E-state index in [9.17, 15) is 4.79 Å². The number of benzene rings is 1. The van der Waals surface area contributed by atoms with Crippen molar-refractivity contribution in [2.75, 3.05) is 18.5 Å². The zero-order valence-electron chi connectivity index (χ0n) is 9.40. The number of para-hydroxylation sites is 1. The highest BCUT2D eigenvalue weighted by molar-refractivity contribution is 5.94. The Hall–Kier alpha value is -1.51. The van der Waals surface area contributed by atoms with Crippen molar-refractivity contribution in [3.05, 3.63) is 29.8 Å². The van der Waals surface area contributed by atoms with E-state index in [1.54, 1.807) is 12.1 Å². The lowest BCUT2D eigenvalue weighted by atomic mass is 10.1. The van der Waals surface area contributed by atoms with Gasteiger partial charge in [0.2, 0.25) is 0 Å². The number of nitrogens with zero attached hydrogens (tertiary/aromatic N) is 1. The van der Waals surface area contributed by atoms with Crippen LogP contribution in [0.4, 0.5) is 5.69 Å². The summed E-state index contributed by atoms with van der Waals surface area (Å²) >= 11 is 0. The van der Waals surface area contributed by atoms with E-state index in [-0.39, 0.29) is 0 Å². The average Bonchev–Trinajstić information content (AvgIpc) is 2.16. The van der Waals surface area contributed by atoms with E-state index < -0.39 is 5.97 Å². The Morgan fingerprint density at radius 1 is 1.40 bits per heavy atom. The predicted octanol–water partition coefficient (Wildman–Crippen LogP) is 2.48. The summed E-state index contributed by atoms with van der Waals surface area (Å²) in [6.45, 7) is 5.07. The zero-order chi connectivity index (χ0) is 11.4. The third-order valence-electron chi connectivity index (χ3n) is 2.18. The highest BCUT2D eigenvalue weighted by atomic mass is 16.4. The van der Waals surface area contributed by atoms with Gasteiger partial charge in [-0.2, -0.15) is 0 Å². The maximum absolute atomic E-state index is 11.0. The fraction of sp³-hybridized carbons (Fsp3) is 0.417. The number of hydrogen-bond donors (Lipinski definition) is 1. The van der Waals surface area contributed by atoms with Gasteiger partial charge in [-0.15, -0.1) is 0 Å². The molecule has 0 fully saturated rings. The van der Waals surface area contributed by atoms with Crippen molar-refractivity contribution < 1.29 is 9.90 Å². The van der Waals surface area contributed by atoms with Gasteiger partial charge in [-0.1, -0.05) is 26.0 Å². The molecule has 3 heteroatoms. The molecule has 1 aromatic rings. The summed E-state index contributed by atoms with van der Waals surface area (Å²) in [6.07, 6.45) is 0. The molecule has 0 aromatic heterocycles. The Morgan fingerprint density at radius 2 is 2.00 bits per heavy atom. The number of hydrogen-bond acceptors (Lipinski definition) is 2. The van der Waals surface area contributed by atoms with Gasteiger partial charge in [0.15, 0.2) is 0 Å². The van der Waals surface area contributed by atoms with Crippen LogP contribution >= 0.6 is 0 Å². The van der Waals surface area contributed by atoms with E-state index in [1.165, 1.54) is 0 Å². The largest absolute Gasteiger partial charge is 0.478 e. The molecule has 0 amide bonds. The molecule has 0 radical (unpaired) electrons. The lowest BCUT2D eigenvalue weighted by molar-refractivity contribution is 0.0697. The molecule has 0 aliphatic rings. The standard InChI is InChI=1S/C12H17NO2/c1-9(2)8-13(3)11-7-5-4-6-10(11)12(14)15/h4-7,9H,8H2,1-3H3,(H,14,15). The summed E-state index contributed by atoms with van der Waals surface area (Å²) in [5.74, 6) is -0.363. The van der Waals surface area contributed by atoms with Crippen molar-refractivity contribution >= 4 is 11.7 Å². The van der Waals surface area contributed by atoms with Crippen LogP contribution < -0.4 is 4.90 Å². The molecule has 0 aliphatic carbocycles. The molecule has 0 saturated heterocycles. The van der Waals surface area contributed by atoms with Crippen molar-refractivity contribution in [2.24, 2.45) is 5.92 Å². The maximum atomic E-state index is 11.0. The summed E-state index contributed by atoms with van der Waals surface area (Å²) in [5.41, 5.74) is 1.14. The minimum Gasteiger partial charge on any atom is -0.478 e. The van der Waals surface area contributed by atoms with Crippen LogP contribution in [0.3, 0.4) is 0 Å². The predicted molar refractivity (Wildman–Crippen MR) is 61.5 cm³/mol. The number of anilines is 1. The van der Waals surface area contributed by atoms with Gasteiger partial charge >= 0.3 is 5.97 Å². The number of rotatable bonds is 4. The fourth-order valence-electron chi connectivity index (χ4n) is 1.63. The molecular weight excluding hydrogens is 190 g/mol. The van der Waals surface area contributed by atoms with Gasteiger partial charge in [-0.05, 0) is 18.1 Å². The van der Waals surface area contributed by atoms with Crippen LogP contribution in [0.5, 0.6) is 0 Å². The quantitative estimate of drug-likeness (QED) is 0.824. The molecule has 1 N–H and O–H groups in total. The summed E-state index contributed by atoms with van der Waals surface area (Å²) in [6, 6.07) is 7.08. The molecular formula is C12H17NO2. The topological polar surface area (TPSA) is 40.5 Å². The molecule has 1 rings (SSSR count). The van der Waals surface area contributed by atoms with E-state index in [2.05, 4.69) is 13.8 Å². The van der Waals surface area contributed by atoms with E-state index in [0.29, 0.717) is 11.5 Å². The lowest BCUT2D eigenvalue weighted by Crippen LogP contribution is -2.24. The van der Waals surface area contributed by atoms with E-state index in [4.69, 9.17) is 5.11 Å². The molecule has 0 saturated carbocycles. The van der Waals surface area contributed by atoms with Crippen LogP contribution in [-0.2, 0) is 0 Å². The van der Waals surface area contributed by atoms with Gasteiger partial charge in [0.1, 0.15) is 0 Å². The minimum atomic E-state index is -0.874. The first kappa shape index (κ1) is 11.6. The number of carboxylic acid groups (broad SMARTS) is 1. The molecule has 0 aliphatic heterocycles. The minimum absolute atomic E-state index is 0.362. The summed E-state index contributed by atoms with van der Waals surface area (Å²) in [7, 11) is 1.92. The van der Waals surface area contributed by atoms with Crippen molar-refractivity contribution in [3.8, 4) is 0 Å². The van der Waals surface area contributed by atoms with Crippen LogP contribution in [0.2, 0.25) is 0 Å². The third-order valence-corrected chi connectivity index (χ3v) is 2.18. The molecule has 0 bridgehead atoms. The van der Waals surface area contributed by atoms with E-state index >= 15 is 0 Å². The number of carboxylic acids is 1. The number of aromatic carboxylic acids is 1. The van der Waals surface area contributed by atoms with Crippen LogP contribution in [0, 0.1) is 5.92 Å². The van der Waals surface area contributed by atoms with Crippen LogP contribution in [0.1, 0.15) is 24.2 Å². The number of carbonyl (C=O) groups is 1. The first-order valence-electron chi connectivity index (χ1n) is 5.06. The van der Waals surface area contributed by atoms with Gasteiger partial charge in [-0.3, -0.25) is 0 Å². The Balaban J connectivity index is 2.97. The lowest BCUT2D eigenvalue weighted by Gasteiger charge is -2.22. The Bertz CT molecular complexity index is 347. The molecule has 15 heavy (non-hydrogen) atoms. The van der Waals surface area contributed by atoms with Crippen LogP contribution in [0.15, 0.2) is 24.3 Å². The van der Waals surface area contributed by atoms with Gasteiger partial charge < -0.3 is 10.0 Å². The van der Waals surface area contributed by atoms with E-state index in [0.717, 1.165) is 12.2 Å². The van der Waals surface area contributed by atoms with Crippen LogP contribution in [0.25, 0.3) is 0 Å².